The van der Waals surface area contributed by atoms with Gasteiger partial charge in [0.05, 0.1) is 5.56 Å². The topological polar surface area (TPSA) is 101 Å². The molecule has 0 amide bonds. The van der Waals surface area contributed by atoms with Gasteiger partial charge in [0.15, 0.2) is 5.82 Å². The van der Waals surface area contributed by atoms with Gasteiger partial charge in [-0.15, -0.1) is 10.2 Å². The fraction of sp³-hybridized carbons (Fsp3) is 0.353. The minimum Gasteiger partial charge on any atom is -0.488 e. The fourth-order valence-corrected chi connectivity index (χ4v) is 4.73. The van der Waals surface area contributed by atoms with Crippen molar-refractivity contribution in [3.05, 3.63) is 113 Å². The summed E-state index contributed by atoms with van der Waals surface area (Å²) in [6.07, 6.45) is 10.2. The number of aromatic amines is 1. The highest BCUT2D eigenvalue weighted by atomic mass is 16.5. The number of hydrogen-bond donors (Lipinski definition) is 2. The Kier molecular flexibility index (Phi) is 10.4. The van der Waals surface area contributed by atoms with E-state index in [1.54, 1.807) is 12.1 Å². The molecule has 0 radical (unpaired) electrons. The lowest BCUT2D eigenvalue weighted by Gasteiger charge is -2.19. The highest BCUT2D eigenvalue weighted by molar-refractivity contribution is 5.87. The SMILES string of the molecule is CC(C)(C)c1ccc(COc2ccccc2/C=C/[C@H](CCCCc2nn[nH]n2)CCc2ccc(C(=O)O)cc2)cc1. The average Bonchev–Trinajstić information content (AvgIpc) is 3.49. The molecule has 0 aliphatic heterocycles. The Labute approximate surface area is 242 Å². The van der Waals surface area contributed by atoms with Crippen LogP contribution < -0.4 is 4.74 Å². The monoisotopic (exact) mass is 552 g/mol. The second-order valence-electron chi connectivity index (χ2n) is 11.5. The molecular formula is C34H40N4O3. The number of aryl methyl sites for hydroxylation is 2. The first-order valence-electron chi connectivity index (χ1n) is 14.3. The molecule has 1 aromatic heterocycles. The van der Waals surface area contributed by atoms with Gasteiger partial charge in [-0.05, 0) is 71.9 Å². The van der Waals surface area contributed by atoms with Crippen molar-refractivity contribution in [2.75, 3.05) is 0 Å². The highest BCUT2D eigenvalue weighted by Crippen LogP contribution is 2.26. The van der Waals surface area contributed by atoms with Crippen molar-refractivity contribution in [2.24, 2.45) is 5.92 Å². The molecule has 1 heterocycles. The maximum atomic E-state index is 11.2. The third-order valence-electron chi connectivity index (χ3n) is 7.30. The van der Waals surface area contributed by atoms with Crippen LogP contribution in [0.15, 0.2) is 78.9 Å². The van der Waals surface area contributed by atoms with Crippen molar-refractivity contribution in [3.8, 4) is 5.75 Å². The van der Waals surface area contributed by atoms with Crippen LogP contribution >= 0.6 is 0 Å². The van der Waals surface area contributed by atoms with E-state index in [-0.39, 0.29) is 5.41 Å². The molecule has 0 saturated heterocycles. The maximum absolute atomic E-state index is 11.2. The van der Waals surface area contributed by atoms with E-state index in [4.69, 9.17) is 4.74 Å². The van der Waals surface area contributed by atoms with Gasteiger partial charge in [-0.1, -0.05) is 99.2 Å². The summed E-state index contributed by atoms with van der Waals surface area (Å²) in [6.45, 7) is 7.17. The predicted molar refractivity (Wildman–Crippen MR) is 162 cm³/mol. The summed E-state index contributed by atoms with van der Waals surface area (Å²) in [5, 5.41) is 23.4. The van der Waals surface area contributed by atoms with Gasteiger partial charge in [0.25, 0.3) is 0 Å². The molecule has 0 fully saturated rings. The zero-order valence-electron chi connectivity index (χ0n) is 24.2. The number of carbonyl (C=O) groups is 1. The number of para-hydroxylation sites is 1. The molecule has 0 spiro atoms. The Hall–Kier alpha value is -4.26. The van der Waals surface area contributed by atoms with Gasteiger partial charge in [0, 0.05) is 12.0 Å². The molecule has 214 valence electrons. The first-order chi connectivity index (χ1) is 19.8. The number of rotatable bonds is 14. The van der Waals surface area contributed by atoms with Gasteiger partial charge in [-0.25, -0.2) is 4.79 Å². The molecule has 0 unspecified atom stereocenters. The van der Waals surface area contributed by atoms with E-state index in [2.05, 4.69) is 83.9 Å². The predicted octanol–water partition coefficient (Wildman–Crippen LogP) is 7.45. The summed E-state index contributed by atoms with van der Waals surface area (Å²) in [7, 11) is 0. The van der Waals surface area contributed by atoms with Gasteiger partial charge in [-0.3, -0.25) is 0 Å². The summed E-state index contributed by atoms with van der Waals surface area (Å²) in [4.78, 5) is 11.2. The van der Waals surface area contributed by atoms with Gasteiger partial charge >= 0.3 is 5.97 Å². The van der Waals surface area contributed by atoms with Crippen LogP contribution in [0.25, 0.3) is 6.08 Å². The van der Waals surface area contributed by atoms with Crippen LogP contribution in [-0.2, 0) is 24.9 Å². The van der Waals surface area contributed by atoms with E-state index in [0.29, 0.717) is 18.1 Å². The van der Waals surface area contributed by atoms with Gasteiger partial charge in [-0.2, -0.15) is 5.21 Å². The number of tetrazole rings is 1. The minimum atomic E-state index is -0.901. The number of unbranched alkanes of at least 4 members (excludes halogenated alkanes) is 1. The number of nitrogens with zero attached hydrogens (tertiary/aromatic N) is 3. The highest BCUT2D eigenvalue weighted by Gasteiger charge is 2.13. The third kappa shape index (κ3) is 9.41. The van der Waals surface area contributed by atoms with E-state index >= 15 is 0 Å². The molecule has 41 heavy (non-hydrogen) atoms. The van der Waals surface area contributed by atoms with E-state index in [0.717, 1.165) is 66.8 Å². The molecule has 7 nitrogen and oxygen atoms in total. The number of aromatic carboxylic acids is 1. The van der Waals surface area contributed by atoms with Gasteiger partial charge in [0.1, 0.15) is 12.4 Å². The molecule has 2 N–H and O–H groups in total. The lowest BCUT2D eigenvalue weighted by molar-refractivity contribution is 0.0697. The quantitative estimate of drug-likeness (QED) is 0.158. The van der Waals surface area contributed by atoms with E-state index in [1.807, 2.05) is 30.3 Å². The van der Waals surface area contributed by atoms with Crippen molar-refractivity contribution >= 4 is 12.0 Å². The summed E-state index contributed by atoms with van der Waals surface area (Å²) in [6, 6.07) is 24.0. The molecule has 0 aliphatic rings. The van der Waals surface area contributed by atoms with Crippen LogP contribution in [0.5, 0.6) is 5.75 Å². The van der Waals surface area contributed by atoms with E-state index in [1.165, 1.54) is 5.56 Å². The van der Waals surface area contributed by atoms with Crippen LogP contribution in [-0.4, -0.2) is 31.7 Å². The Bertz CT molecular complexity index is 1390. The van der Waals surface area contributed by atoms with Crippen LogP contribution in [0, 0.1) is 5.92 Å². The van der Waals surface area contributed by atoms with E-state index in [9.17, 15) is 9.90 Å². The summed E-state index contributed by atoms with van der Waals surface area (Å²) >= 11 is 0. The largest absolute Gasteiger partial charge is 0.488 e. The number of hydrogen-bond acceptors (Lipinski definition) is 5. The van der Waals surface area contributed by atoms with Gasteiger partial charge in [0.2, 0.25) is 0 Å². The fourth-order valence-electron chi connectivity index (χ4n) is 4.73. The van der Waals surface area contributed by atoms with Crippen molar-refractivity contribution in [2.45, 2.75) is 71.3 Å². The molecule has 4 rings (SSSR count). The van der Waals surface area contributed by atoms with Crippen molar-refractivity contribution < 1.29 is 14.6 Å². The maximum Gasteiger partial charge on any atom is 0.335 e. The van der Waals surface area contributed by atoms with E-state index < -0.39 is 5.97 Å². The first-order valence-corrected chi connectivity index (χ1v) is 14.3. The molecular weight excluding hydrogens is 512 g/mol. The zero-order valence-corrected chi connectivity index (χ0v) is 24.2. The summed E-state index contributed by atoms with van der Waals surface area (Å²) < 4.78 is 6.26. The molecule has 0 aliphatic carbocycles. The summed E-state index contributed by atoms with van der Waals surface area (Å²) in [5.41, 5.74) is 5.09. The number of nitrogens with one attached hydrogen (secondary N) is 1. The molecule has 4 aromatic rings. The second-order valence-corrected chi connectivity index (χ2v) is 11.5. The number of aromatic nitrogens is 4. The normalized spacial score (nSPS) is 12.5. The lowest BCUT2D eigenvalue weighted by atomic mass is 9.87. The number of carboxylic acids is 1. The number of H-pyrrole nitrogens is 1. The van der Waals surface area contributed by atoms with Crippen molar-refractivity contribution in [3.63, 3.8) is 0 Å². The molecule has 3 aromatic carbocycles. The number of allylic oxidation sites excluding steroid dienone is 1. The van der Waals surface area contributed by atoms with Crippen molar-refractivity contribution in [1.29, 1.82) is 0 Å². The van der Waals surface area contributed by atoms with Crippen molar-refractivity contribution in [1.82, 2.24) is 20.6 Å². The Morgan fingerprint density at radius 3 is 2.34 bits per heavy atom. The van der Waals surface area contributed by atoms with Gasteiger partial charge < -0.3 is 9.84 Å². The lowest BCUT2D eigenvalue weighted by Crippen LogP contribution is -2.10. The number of carboxylic acid groups (broad SMARTS) is 1. The second kappa shape index (κ2) is 14.4. The van der Waals surface area contributed by atoms with Crippen LogP contribution in [0.4, 0.5) is 0 Å². The standard InChI is InChI=1S/C34H40N4O3/c1-34(2,3)30-22-17-27(18-23-30)24-41-31-10-6-5-9-28(31)19-14-25(8-4-7-11-32-35-37-38-36-32)12-13-26-15-20-29(21-16-26)33(39)40/h5-6,9-10,14-23,25H,4,7-8,11-13,24H2,1-3H3,(H,39,40)(H,35,36,37,38)/b19-14+/t25-/m1/s1. The smallest absolute Gasteiger partial charge is 0.335 e. The molecule has 0 bridgehead atoms. The first kappa shape index (κ1) is 29.7. The molecule has 7 heteroatoms. The van der Waals surface area contributed by atoms with Crippen LogP contribution in [0.2, 0.25) is 0 Å². The van der Waals surface area contributed by atoms with Crippen LogP contribution in [0.3, 0.4) is 0 Å². The Morgan fingerprint density at radius 1 is 0.927 bits per heavy atom. The molecule has 1 atom stereocenters. The number of ether oxygens (including phenoxy) is 1. The Morgan fingerprint density at radius 2 is 1.66 bits per heavy atom. The minimum absolute atomic E-state index is 0.127. The third-order valence-corrected chi connectivity index (χ3v) is 7.30. The van der Waals surface area contributed by atoms with Crippen LogP contribution in [0.1, 0.15) is 84.9 Å². The zero-order chi connectivity index (χ0) is 29.1. The number of benzene rings is 3. The molecule has 0 saturated carbocycles. The average molecular weight is 553 g/mol. The summed E-state index contributed by atoms with van der Waals surface area (Å²) in [5.74, 6) is 1.07. The Balaban J connectivity index is 1.40.